The Labute approximate surface area is 98.4 Å². The Hall–Kier alpha value is -1.27. The third kappa shape index (κ3) is 2.94. The van der Waals surface area contributed by atoms with Crippen LogP contribution in [0.4, 0.5) is 30.7 Å². The van der Waals surface area contributed by atoms with Crippen molar-refractivity contribution in [3.8, 4) is 0 Å². The molecule has 0 heterocycles. The largest absolute Gasteiger partial charge is 0.431 e. The maximum atomic E-state index is 13.2. The summed E-state index contributed by atoms with van der Waals surface area (Å²) in [4.78, 5) is 0. The average molecular weight is 274 g/mol. The fourth-order valence-corrected chi connectivity index (χ4v) is 1.41. The number of rotatable bonds is 3. The predicted octanol–water partition coefficient (Wildman–Crippen LogP) is 4.45. The van der Waals surface area contributed by atoms with Crippen LogP contribution in [0.5, 0.6) is 0 Å². The van der Waals surface area contributed by atoms with Crippen molar-refractivity contribution >= 4 is 0 Å². The van der Waals surface area contributed by atoms with Crippen LogP contribution in [0.2, 0.25) is 0 Å². The molecule has 0 nitrogen and oxygen atoms in total. The van der Waals surface area contributed by atoms with E-state index in [1.165, 1.54) is 24.3 Å². The molecule has 0 fully saturated rings. The van der Waals surface area contributed by atoms with Gasteiger partial charge in [0, 0.05) is 6.42 Å². The quantitative estimate of drug-likeness (QED) is 0.714. The highest BCUT2D eigenvalue weighted by molar-refractivity contribution is 5.15. The van der Waals surface area contributed by atoms with E-state index >= 15 is 0 Å². The summed E-state index contributed by atoms with van der Waals surface area (Å²) in [5, 5.41) is 0. The topological polar surface area (TPSA) is 0 Å². The van der Waals surface area contributed by atoms with Gasteiger partial charge in [0.1, 0.15) is 0 Å². The Balaban J connectivity index is 2.89. The molecule has 0 aliphatic rings. The zero-order valence-electron chi connectivity index (χ0n) is 8.95. The van der Waals surface area contributed by atoms with E-state index in [9.17, 15) is 30.7 Å². The summed E-state index contributed by atoms with van der Waals surface area (Å²) in [5.74, 6) is 0. The molecule has 0 saturated carbocycles. The summed E-state index contributed by atoms with van der Waals surface area (Å²) in [7, 11) is 0. The Bertz CT molecular complexity index is 363. The second-order valence-electron chi connectivity index (χ2n) is 3.78. The van der Waals surface area contributed by atoms with Gasteiger partial charge in [0.25, 0.3) is 5.67 Å². The van der Waals surface area contributed by atoms with Crippen molar-refractivity contribution in [1.82, 2.24) is 0 Å². The van der Waals surface area contributed by atoms with Crippen LogP contribution in [0.3, 0.4) is 0 Å². The molecule has 0 bridgehead atoms. The van der Waals surface area contributed by atoms with E-state index in [4.69, 9.17) is 0 Å². The molecular formula is C11H9F7. The number of hydrogen-bond acceptors (Lipinski definition) is 0. The van der Waals surface area contributed by atoms with E-state index < -0.39 is 30.9 Å². The summed E-state index contributed by atoms with van der Waals surface area (Å²) in [6.07, 6.45) is -14.3. The molecule has 0 unspecified atom stereocenters. The van der Waals surface area contributed by atoms with Gasteiger partial charge in [-0.05, 0) is 12.0 Å². The van der Waals surface area contributed by atoms with Gasteiger partial charge in [-0.1, -0.05) is 30.3 Å². The zero-order chi connectivity index (χ0) is 14.0. The van der Waals surface area contributed by atoms with Crippen molar-refractivity contribution in [3.05, 3.63) is 35.9 Å². The van der Waals surface area contributed by atoms with E-state index in [1.54, 1.807) is 6.07 Å². The standard InChI is InChI=1S/C11H9F7/c12-9(10(13,14)15,11(16,17)18)7-6-8-4-2-1-3-5-8/h1-5H,6-7H2. The molecule has 0 N–H and O–H groups in total. The van der Waals surface area contributed by atoms with E-state index in [1.807, 2.05) is 0 Å². The van der Waals surface area contributed by atoms with E-state index in [0.717, 1.165) is 0 Å². The maximum Gasteiger partial charge on any atom is 0.431 e. The molecule has 7 heteroatoms. The Kier molecular flexibility index (Phi) is 3.92. The zero-order valence-corrected chi connectivity index (χ0v) is 8.95. The molecule has 0 amide bonds. The van der Waals surface area contributed by atoms with Gasteiger partial charge in [-0.15, -0.1) is 0 Å². The maximum absolute atomic E-state index is 13.2. The van der Waals surface area contributed by atoms with Crippen molar-refractivity contribution in [2.75, 3.05) is 0 Å². The smallest absolute Gasteiger partial charge is 0.224 e. The van der Waals surface area contributed by atoms with E-state index in [0.29, 0.717) is 0 Å². The summed E-state index contributed by atoms with van der Waals surface area (Å²) >= 11 is 0. The lowest BCUT2D eigenvalue weighted by atomic mass is 9.95. The van der Waals surface area contributed by atoms with Gasteiger partial charge in [0.05, 0.1) is 0 Å². The molecule has 18 heavy (non-hydrogen) atoms. The molecular weight excluding hydrogens is 265 g/mol. The van der Waals surface area contributed by atoms with Crippen LogP contribution in [-0.2, 0) is 6.42 Å². The van der Waals surface area contributed by atoms with Gasteiger partial charge in [0.15, 0.2) is 0 Å². The minimum Gasteiger partial charge on any atom is -0.224 e. The number of alkyl halides is 7. The number of aryl methyl sites for hydroxylation is 1. The van der Waals surface area contributed by atoms with Crippen LogP contribution in [-0.4, -0.2) is 18.0 Å². The first-order chi connectivity index (χ1) is 8.08. The number of benzene rings is 1. The normalized spacial score (nSPS) is 13.7. The fraction of sp³-hybridized carbons (Fsp3) is 0.455. The highest BCUT2D eigenvalue weighted by Gasteiger charge is 2.71. The van der Waals surface area contributed by atoms with Crippen molar-refractivity contribution in [1.29, 1.82) is 0 Å². The Morgan fingerprint density at radius 1 is 0.722 bits per heavy atom. The molecule has 0 spiro atoms. The molecule has 0 atom stereocenters. The summed E-state index contributed by atoms with van der Waals surface area (Å²) in [6, 6.07) is 7.15. The first kappa shape index (κ1) is 14.8. The second-order valence-corrected chi connectivity index (χ2v) is 3.78. The molecule has 1 aromatic rings. The van der Waals surface area contributed by atoms with Crippen LogP contribution in [0, 0.1) is 0 Å². The molecule has 0 saturated heterocycles. The average Bonchev–Trinajstić information content (AvgIpc) is 2.24. The Morgan fingerprint density at radius 3 is 1.56 bits per heavy atom. The third-order valence-electron chi connectivity index (χ3n) is 2.50. The lowest BCUT2D eigenvalue weighted by Gasteiger charge is -2.29. The fourth-order valence-electron chi connectivity index (χ4n) is 1.41. The minimum absolute atomic E-state index is 0.216. The molecule has 0 aliphatic carbocycles. The van der Waals surface area contributed by atoms with Crippen molar-refractivity contribution in [3.63, 3.8) is 0 Å². The van der Waals surface area contributed by atoms with Crippen LogP contribution < -0.4 is 0 Å². The van der Waals surface area contributed by atoms with Gasteiger partial charge in [-0.25, -0.2) is 4.39 Å². The molecule has 1 aromatic carbocycles. The molecule has 0 aliphatic heterocycles. The van der Waals surface area contributed by atoms with Gasteiger partial charge in [-0.3, -0.25) is 0 Å². The SMILES string of the molecule is FC(F)(F)C(F)(CCc1ccccc1)C(F)(F)F. The van der Waals surface area contributed by atoms with Crippen LogP contribution in [0.25, 0.3) is 0 Å². The molecule has 0 radical (unpaired) electrons. The highest BCUT2D eigenvalue weighted by Crippen LogP contribution is 2.48. The van der Waals surface area contributed by atoms with Crippen LogP contribution in [0.15, 0.2) is 30.3 Å². The summed E-state index contributed by atoms with van der Waals surface area (Å²) in [5.41, 5.74) is -4.96. The molecule has 0 aromatic heterocycles. The van der Waals surface area contributed by atoms with Crippen molar-refractivity contribution < 1.29 is 30.7 Å². The van der Waals surface area contributed by atoms with E-state index in [-0.39, 0.29) is 5.56 Å². The van der Waals surface area contributed by atoms with Crippen LogP contribution in [0.1, 0.15) is 12.0 Å². The summed E-state index contributed by atoms with van der Waals surface area (Å²) in [6.45, 7) is 0. The number of halogens is 7. The van der Waals surface area contributed by atoms with Crippen LogP contribution >= 0.6 is 0 Å². The first-order valence-corrected chi connectivity index (χ1v) is 4.94. The Morgan fingerprint density at radius 2 is 1.17 bits per heavy atom. The molecule has 1 rings (SSSR count). The number of hydrogen-bond donors (Lipinski definition) is 0. The lowest BCUT2D eigenvalue weighted by molar-refractivity contribution is -0.343. The first-order valence-electron chi connectivity index (χ1n) is 4.94. The summed E-state index contributed by atoms with van der Waals surface area (Å²) < 4.78 is 86.5. The third-order valence-corrected chi connectivity index (χ3v) is 2.50. The van der Waals surface area contributed by atoms with Gasteiger partial charge in [0.2, 0.25) is 0 Å². The second kappa shape index (κ2) is 4.78. The van der Waals surface area contributed by atoms with Gasteiger partial charge in [-0.2, -0.15) is 26.3 Å². The predicted molar refractivity (Wildman–Crippen MR) is 50.7 cm³/mol. The van der Waals surface area contributed by atoms with Gasteiger partial charge >= 0.3 is 12.4 Å². The minimum atomic E-state index is -5.97. The van der Waals surface area contributed by atoms with Crippen molar-refractivity contribution in [2.24, 2.45) is 0 Å². The monoisotopic (exact) mass is 274 g/mol. The lowest BCUT2D eigenvalue weighted by Crippen LogP contribution is -2.53. The van der Waals surface area contributed by atoms with Crippen molar-refractivity contribution in [2.45, 2.75) is 30.9 Å². The van der Waals surface area contributed by atoms with E-state index in [2.05, 4.69) is 0 Å². The van der Waals surface area contributed by atoms with Gasteiger partial charge < -0.3 is 0 Å². The highest BCUT2D eigenvalue weighted by atomic mass is 19.4. The molecule has 102 valence electrons.